The Morgan fingerprint density at radius 3 is 2.70 bits per heavy atom. The van der Waals surface area contributed by atoms with E-state index in [1.807, 2.05) is 30.3 Å². The molecule has 2 fully saturated rings. The first-order chi connectivity index (χ1) is 17.7. The fourth-order valence-electron chi connectivity index (χ4n) is 6.18. The highest BCUT2D eigenvalue weighted by atomic mass is 35.5. The maximum atomic E-state index is 13.1. The van der Waals surface area contributed by atoms with E-state index < -0.39 is 11.0 Å². The molecule has 4 rings (SSSR count). The van der Waals surface area contributed by atoms with Gasteiger partial charge in [0.05, 0.1) is 23.6 Å². The number of piperidine rings is 1. The lowest BCUT2D eigenvalue weighted by Gasteiger charge is -2.59. The molecule has 0 aromatic heterocycles. The fourth-order valence-corrected chi connectivity index (χ4v) is 6.50. The third kappa shape index (κ3) is 5.82. The van der Waals surface area contributed by atoms with Crippen molar-refractivity contribution < 1.29 is 19.1 Å². The first-order valence-electron chi connectivity index (χ1n) is 12.6. The average Bonchev–Trinajstić information content (AvgIpc) is 2.86. The van der Waals surface area contributed by atoms with Crippen molar-refractivity contribution in [1.82, 2.24) is 10.2 Å². The van der Waals surface area contributed by atoms with Gasteiger partial charge in [-0.3, -0.25) is 14.5 Å². The molecule has 0 spiro atoms. The van der Waals surface area contributed by atoms with Crippen molar-refractivity contribution >= 4 is 35.1 Å². The van der Waals surface area contributed by atoms with E-state index in [-0.39, 0.29) is 24.3 Å². The van der Waals surface area contributed by atoms with Crippen LogP contribution in [-0.4, -0.2) is 55.2 Å². The van der Waals surface area contributed by atoms with Crippen LogP contribution in [0.2, 0.25) is 10.0 Å². The molecule has 1 aliphatic carbocycles. The van der Waals surface area contributed by atoms with Crippen LogP contribution in [0.25, 0.3) is 0 Å². The second kappa shape index (κ2) is 11.5. The molecule has 198 valence electrons. The molecule has 1 saturated carbocycles. The number of amides is 1. The zero-order chi connectivity index (χ0) is 26.6. The Labute approximate surface area is 228 Å². The smallest absolute Gasteiger partial charge is 0.303 e. The SMILES string of the molecule is C=CCN1CCC2(c3cccc(OC)c3)C[C@H](NC(=O)Cc3ccc(Cl)c(Cl)c3)CCC2(OC(C)=O)C1. The van der Waals surface area contributed by atoms with Crippen molar-refractivity contribution in [1.29, 1.82) is 0 Å². The van der Waals surface area contributed by atoms with Crippen LogP contribution in [0, 0.1) is 0 Å². The Balaban J connectivity index is 1.65. The van der Waals surface area contributed by atoms with Crippen molar-refractivity contribution in [3.63, 3.8) is 0 Å². The molecule has 1 saturated heterocycles. The zero-order valence-corrected chi connectivity index (χ0v) is 22.9. The number of rotatable bonds is 8. The van der Waals surface area contributed by atoms with E-state index in [4.69, 9.17) is 32.7 Å². The number of ether oxygens (including phenoxy) is 2. The lowest BCUT2D eigenvalue weighted by molar-refractivity contribution is -0.186. The largest absolute Gasteiger partial charge is 0.497 e. The average molecular weight is 546 g/mol. The minimum Gasteiger partial charge on any atom is -0.497 e. The van der Waals surface area contributed by atoms with Crippen molar-refractivity contribution in [2.24, 2.45) is 0 Å². The minimum absolute atomic E-state index is 0.0730. The Hall–Kier alpha value is -2.54. The summed E-state index contributed by atoms with van der Waals surface area (Å²) in [5.41, 5.74) is 0.661. The van der Waals surface area contributed by atoms with Gasteiger partial charge in [-0.1, -0.05) is 47.5 Å². The van der Waals surface area contributed by atoms with Crippen LogP contribution in [-0.2, 0) is 26.2 Å². The van der Waals surface area contributed by atoms with Crippen LogP contribution in [0.15, 0.2) is 55.1 Å². The van der Waals surface area contributed by atoms with Gasteiger partial charge < -0.3 is 14.8 Å². The number of esters is 1. The van der Waals surface area contributed by atoms with Gasteiger partial charge in [-0.05, 0) is 67.6 Å². The molecule has 0 bridgehead atoms. The van der Waals surface area contributed by atoms with Gasteiger partial charge in [0, 0.05) is 31.5 Å². The van der Waals surface area contributed by atoms with Gasteiger partial charge in [0.2, 0.25) is 5.91 Å². The topological polar surface area (TPSA) is 67.9 Å². The van der Waals surface area contributed by atoms with Crippen LogP contribution in [0.3, 0.4) is 0 Å². The molecule has 2 aliphatic rings. The highest BCUT2D eigenvalue weighted by molar-refractivity contribution is 6.42. The van der Waals surface area contributed by atoms with Crippen LogP contribution in [0.5, 0.6) is 5.75 Å². The fraction of sp³-hybridized carbons (Fsp3) is 0.448. The second-order valence-corrected chi connectivity index (χ2v) is 10.9. The van der Waals surface area contributed by atoms with Gasteiger partial charge in [-0.2, -0.15) is 0 Å². The van der Waals surface area contributed by atoms with E-state index >= 15 is 0 Å². The number of hydrogen-bond acceptors (Lipinski definition) is 5. The molecular formula is C29H34Cl2N2O4. The molecule has 1 heterocycles. The molecule has 1 N–H and O–H groups in total. The lowest BCUT2D eigenvalue weighted by atomic mass is 9.55. The molecular weight excluding hydrogens is 511 g/mol. The summed E-state index contributed by atoms with van der Waals surface area (Å²) in [5, 5.41) is 4.14. The second-order valence-electron chi connectivity index (χ2n) is 10.1. The number of methoxy groups -OCH3 is 1. The van der Waals surface area contributed by atoms with Crippen LogP contribution >= 0.6 is 23.2 Å². The summed E-state index contributed by atoms with van der Waals surface area (Å²) in [7, 11) is 1.65. The number of carbonyl (C=O) groups is 2. The highest BCUT2D eigenvalue weighted by Gasteiger charge is 2.60. The van der Waals surface area contributed by atoms with Crippen molar-refractivity contribution in [2.75, 3.05) is 26.7 Å². The number of benzene rings is 2. The number of likely N-dealkylation sites (tertiary alicyclic amines) is 1. The normalized spacial score (nSPS) is 25.6. The van der Waals surface area contributed by atoms with Gasteiger partial charge in [0.15, 0.2) is 0 Å². The van der Waals surface area contributed by atoms with Gasteiger partial charge in [0.25, 0.3) is 0 Å². The molecule has 0 radical (unpaired) electrons. The van der Waals surface area contributed by atoms with Crippen LogP contribution < -0.4 is 10.1 Å². The first-order valence-corrected chi connectivity index (χ1v) is 13.4. The number of nitrogens with one attached hydrogen (secondary N) is 1. The van der Waals surface area contributed by atoms with Gasteiger partial charge in [-0.15, -0.1) is 6.58 Å². The maximum absolute atomic E-state index is 13.1. The van der Waals surface area contributed by atoms with E-state index in [1.54, 1.807) is 19.2 Å². The number of carbonyl (C=O) groups excluding carboxylic acids is 2. The van der Waals surface area contributed by atoms with E-state index in [1.165, 1.54) is 6.92 Å². The van der Waals surface area contributed by atoms with E-state index in [0.717, 1.165) is 36.4 Å². The van der Waals surface area contributed by atoms with Crippen molar-refractivity contribution in [2.45, 2.75) is 56.1 Å². The number of hydrogen-bond donors (Lipinski definition) is 1. The highest BCUT2D eigenvalue weighted by Crippen LogP contribution is 2.54. The summed E-state index contributed by atoms with van der Waals surface area (Å²) in [5.74, 6) is 0.381. The van der Waals surface area contributed by atoms with E-state index in [2.05, 4.69) is 22.9 Å². The summed E-state index contributed by atoms with van der Waals surface area (Å²) < 4.78 is 11.8. The number of halogens is 2. The zero-order valence-electron chi connectivity index (χ0n) is 21.4. The molecule has 2 aromatic rings. The summed E-state index contributed by atoms with van der Waals surface area (Å²) in [6.45, 7) is 7.54. The maximum Gasteiger partial charge on any atom is 0.303 e. The molecule has 6 nitrogen and oxygen atoms in total. The minimum atomic E-state index is -0.725. The lowest BCUT2D eigenvalue weighted by Crippen LogP contribution is -2.68. The molecule has 1 aliphatic heterocycles. The van der Waals surface area contributed by atoms with E-state index in [9.17, 15) is 9.59 Å². The Kier molecular flexibility index (Phi) is 8.52. The van der Waals surface area contributed by atoms with E-state index in [0.29, 0.717) is 35.9 Å². The van der Waals surface area contributed by atoms with Crippen LogP contribution in [0.4, 0.5) is 0 Å². The standard InChI is InChI=1S/C29H34Cl2N2O4/c1-4-13-33-14-12-28(22-6-5-7-24(17-22)36-3)18-23(10-11-29(28,19-33)37-20(2)34)32-27(35)16-21-8-9-25(30)26(31)15-21/h4-9,15,17,23H,1,10-14,16,18-19H2,2-3H3,(H,32,35)/t23-,28?,29?/m1/s1. The van der Waals surface area contributed by atoms with Gasteiger partial charge >= 0.3 is 5.97 Å². The molecule has 3 atom stereocenters. The molecule has 37 heavy (non-hydrogen) atoms. The van der Waals surface area contributed by atoms with Gasteiger partial charge in [0.1, 0.15) is 11.4 Å². The molecule has 1 amide bonds. The molecule has 2 unspecified atom stereocenters. The predicted octanol–water partition coefficient (Wildman–Crippen LogP) is 5.34. The summed E-state index contributed by atoms with van der Waals surface area (Å²) in [6.07, 6.45) is 4.86. The van der Waals surface area contributed by atoms with Crippen molar-refractivity contribution in [3.8, 4) is 5.75 Å². The summed E-state index contributed by atoms with van der Waals surface area (Å²) >= 11 is 12.2. The molecule has 8 heteroatoms. The summed E-state index contributed by atoms with van der Waals surface area (Å²) in [6, 6.07) is 13.2. The van der Waals surface area contributed by atoms with Crippen molar-refractivity contribution in [3.05, 3.63) is 76.3 Å². The Morgan fingerprint density at radius 1 is 1.19 bits per heavy atom. The van der Waals surface area contributed by atoms with Gasteiger partial charge in [-0.25, -0.2) is 0 Å². The quantitative estimate of drug-likeness (QED) is 0.358. The monoisotopic (exact) mass is 544 g/mol. The summed E-state index contributed by atoms with van der Waals surface area (Å²) in [4.78, 5) is 27.8. The Morgan fingerprint density at radius 2 is 2.00 bits per heavy atom. The number of fused-ring (bicyclic) bond motifs is 1. The third-order valence-electron chi connectivity index (χ3n) is 7.76. The first kappa shape index (κ1) is 27.5. The molecule has 2 aromatic carbocycles. The predicted molar refractivity (Wildman–Crippen MR) is 146 cm³/mol. The third-order valence-corrected chi connectivity index (χ3v) is 8.50. The Bertz CT molecular complexity index is 1170. The van der Waals surface area contributed by atoms with Crippen LogP contribution in [0.1, 0.15) is 43.7 Å². The number of nitrogens with zero attached hydrogens (tertiary/aromatic N) is 1.